The number of aromatic nitrogens is 3. The van der Waals surface area contributed by atoms with Gasteiger partial charge < -0.3 is 50.5 Å². The molecule has 3 aliphatic rings. The standard InChI is InChI=1S/C20H27N3O3S.C19H26N4O3S.C17H22N2O3S.C16H24ClN3O3S.C16H23N3O3S.C16H21N3O3S/c1-20(2,3)23(24)15-18-17-8-6-5-7-16(17)9-10-19(18)27(25,26)22-13-11-21(4)12-14-22;1-19(2,3)23(24)14-17-16-7-8-20-13-15(16)5-6-18(17)27(25,26)22-11-9-21(4)10-12-22;1-5-18-23(21,22)16-11-10-13-8-6-7-9-14(13)15(16)12-19(20)17(2,3)4;1-16(2,3)20(21)12-13-5-6-14(17)11-15(13)24(22,23)19-9-7-18(4)8-10-19;1-6-17-23(21,22)15-8-7-14-12(9-10-18(14)5)13(15)11-19(20)16(2,3)4;1-5-18-23(21,22)15-9-8-14-12(7-6-10-17-14)13(15)11-19(20)16(2,3)4/h5-10,15H,11-14H2,1-4H3;5-8,13-14H,9-12H2,1-4H3;6-12,18H,5H2,1-4H3;5-6,11-12H,7-10H2,1-4H3;7-11,17H,6H2,1-5H3;6-11,18H,5H2,1-4H3/b23-15-;23-14-;19-12-;20-12-;2*19-11-. The predicted molar refractivity (Wildman–Crippen MR) is 588 cm³/mol. The van der Waals surface area contributed by atoms with Crippen LogP contribution in [0.5, 0.6) is 0 Å². The van der Waals surface area contributed by atoms with E-state index < -0.39 is 93.4 Å². The quantitative estimate of drug-likeness (QED) is 0.0260. The highest BCUT2D eigenvalue weighted by Gasteiger charge is 2.38. The summed E-state index contributed by atoms with van der Waals surface area (Å²) in [5.41, 5.74) is -0.0887. The Balaban J connectivity index is 0.000000196. The zero-order valence-corrected chi connectivity index (χ0v) is 94.4. The topological polar surface area (TPSA) is 447 Å². The first-order chi connectivity index (χ1) is 68.1. The van der Waals surface area contributed by atoms with Gasteiger partial charge in [-0.1, -0.05) is 105 Å². The number of fused-ring (bicyclic) bond motifs is 5. The Morgan fingerprint density at radius 1 is 0.327 bits per heavy atom. The molecule has 3 saturated heterocycles. The Kier molecular flexibility index (Phi) is 39.4. The number of sulfonamides is 6. The van der Waals surface area contributed by atoms with Gasteiger partial charge in [-0.2, -0.15) is 12.9 Å². The summed E-state index contributed by atoms with van der Waals surface area (Å²) in [6, 6.07) is 43.1. The van der Waals surface area contributed by atoms with E-state index in [9.17, 15) is 81.8 Å². The van der Waals surface area contributed by atoms with Crippen molar-refractivity contribution in [2.24, 2.45) is 7.05 Å². The molecule has 0 aliphatic carbocycles. The van der Waals surface area contributed by atoms with Crippen LogP contribution in [0.3, 0.4) is 0 Å². The highest BCUT2D eigenvalue weighted by Crippen LogP contribution is 2.35. The first-order valence-electron chi connectivity index (χ1n) is 48.2. The molecule has 0 unspecified atom stereocenters. The Hall–Kier alpha value is -10.9. The summed E-state index contributed by atoms with van der Waals surface area (Å²) in [6.07, 6.45) is 15.0. The van der Waals surface area contributed by atoms with Crippen LogP contribution < -0.4 is 14.2 Å². The fourth-order valence-corrected chi connectivity index (χ4v) is 23.8. The summed E-state index contributed by atoms with van der Waals surface area (Å²) in [5, 5.41) is 81.0. The summed E-state index contributed by atoms with van der Waals surface area (Å²) < 4.78 is 173. The maximum atomic E-state index is 13.4. The van der Waals surface area contributed by atoms with Gasteiger partial charge in [0.25, 0.3) is 0 Å². The SMILES string of the molecule is CCNS(=O)(=O)c1ccc2c(ccn2C)c1/C=[N+](\[O-])C(C)(C)C.CCNS(=O)(=O)c1ccc2ccccc2c1/C=[N+](\[O-])C(C)(C)C.CCNS(=O)(=O)c1ccc2ncccc2c1/C=[N+](\[O-])C(C)(C)C.CN1CCN(S(=O)(=O)c2cc(Cl)ccc2/C=[N+](\[O-])C(C)(C)C)CC1.CN1CCN(S(=O)(=O)c2ccc3ccccc3c2/C=[N+](\[O-])C(C)(C)C)CC1.CN1CCN(S(=O)(=O)c2ccc3cnccc3c2/C=[N+](\[O-])C(C)(C)C)CC1. The van der Waals surface area contributed by atoms with Crippen molar-refractivity contribution in [1.29, 1.82) is 0 Å². The van der Waals surface area contributed by atoms with Crippen LogP contribution in [0.1, 0.15) is 179 Å². The molecule has 36 nitrogen and oxygen atoms in total. The molecule has 3 aliphatic heterocycles. The van der Waals surface area contributed by atoms with Crippen LogP contribution in [-0.2, 0) is 67.2 Å². The van der Waals surface area contributed by atoms with Gasteiger partial charge in [-0.05, 0) is 127 Å². The normalized spacial score (nSPS) is 16.1. The summed E-state index contributed by atoms with van der Waals surface area (Å²) in [6.45, 7) is 44.7. The zero-order chi connectivity index (χ0) is 110. The summed E-state index contributed by atoms with van der Waals surface area (Å²) in [7, 11) is -14.3. The van der Waals surface area contributed by atoms with Gasteiger partial charge in [-0.3, -0.25) is 9.97 Å². The number of rotatable bonds is 21. The fraction of sp³-hybridized carbons (Fsp3) is 0.442. The number of hydrogen-bond acceptors (Lipinski definition) is 23. The number of halogens is 1. The van der Waals surface area contributed by atoms with E-state index in [1.165, 1.54) is 62.3 Å². The van der Waals surface area contributed by atoms with E-state index in [4.69, 9.17) is 11.6 Å². The molecule has 0 saturated carbocycles. The van der Waals surface area contributed by atoms with Crippen molar-refractivity contribution in [1.82, 2.24) is 56.3 Å². The molecule has 3 fully saturated rings. The van der Waals surface area contributed by atoms with Crippen molar-refractivity contribution in [2.75, 3.05) is 119 Å². The maximum Gasteiger partial charge on any atom is 0.244 e. The third-order valence-corrected chi connectivity index (χ3v) is 35.0. The highest BCUT2D eigenvalue weighted by molar-refractivity contribution is 7.91. The van der Waals surface area contributed by atoms with E-state index >= 15 is 0 Å². The van der Waals surface area contributed by atoms with Crippen LogP contribution in [0.15, 0.2) is 206 Å². The van der Waals surface area contributed by atoms with Crippen LogP contribution in [0.2, 0.25) is 5.02 Å². The Bertz CT molecular complexity index is 7220. The Morgan fingerprint density at radius 2 is 0.633 bits per heavy atom. The molecule has 3 aromatic heterocycles. The van der Waals surface area contributed by atoms with Crippen LogP contribution in [0, 0.1) is 31.2 Å². The number of nitrogens with one attached hydrogen (secondary N) is 3. The van der Waals surface area contributed by atoms with Crippen molar-refractivity contribution in [3.63, 3.8) is 0 Å². The summed E-state index contributed by atoms with van der Waals surface area (Å²) in [4.78, 5) is 15.3. The highest BCUT2D eigenvalue weighted by atomic mass is 35.5. The minimum Gasteiger partial charge on any atom is -0.623 e. The van der Waals surface area contributed by atoms with Crippen LogP contribution in [0.25, 0.3) is 54.1 Å². The van der Waals surface area contributed by atoms with Gasteiger partial charge in [-0.25, -0.2) is 93.1 Å². The summed E-state index contributed by atoms with van der Waals surface area (Å²) >= 11 is 6.01. The maximum absolute atomic E-state index is 13.4. The van der Waals surface area contributed by atoms with E-state index in [0.717, 1.165) is 66.3 Å². The second-order valence-electron chi connectivity index (χ2n) is 41.9. The van der Waals surface area contributed by atoms with Crippen LogP contribution in [-0.4, -0.2) is 311 Å². The van der Waals surface area contributed by atoms with Gasteiger partial charge in [-0.15, -0.1) is 0 Å². The minimum atomic E-state index is -3.71. The fourth-order valence-electron chi connectivity index (χ4n) is 15.1. The van der Waals surface area contributed by atoms with Crippen LogP contribution in [0.4, 0.5) is 0 Å². The molecule has 8 aromatic carbocycles. The molecule has 0 bridgehead atoms. The third kappa shape index (κ3) is 30.5. The van der Waals surface area contributed by atoms with E-state index in [1.807, 2.05) is 99.6 Å². The average Bonchev–Trinajstić information content (AvgIpc) is 0.957. The molecule has 43 heteroatoms. The lowest BCUT2D eigenvalue weighted by Gasteiger charge is -2.32. The lowest BCUT2D eigenvalue weighted by molar-refractivity contribution is -0.531. The van der Waals surface area contributed by atoms with E-state index in [-0.39, 0.29) is 49.0 Å². The van der Waals surface area contributed by atoms with Crippen molar-refractivity contribution >= 4 is 163 Å². The van der Waals surface area contributed by atoms with Crippen molar-refractivity contribution in [2.45, 2.75) is 208 Å². The molecule has 11 aromatic rings. The lowest BCUT2D eigenvalue weighted by Crippen LogP contribution is -2.47. The van der Waals surface area contributed by atoms with Crippen molar-refractivity contribution in [3.05, 3.63) is 246 Å². The second kappa shape index (κ2) is 48.4. The lowest BCUT2D eigenvalue weighted by atomic mass is 10.0. The molecular weight excluding hydrogens is 2020 g/mol. The minimum absolute atomic E-state index is 0.0738. The smallest absolute Gasteiger partial charge is 0.244 e. The molecule has 0 radical (unpaired) electrons. The van der Waals surface area contributed by atoms with Gasteiger partial charge in [0.1, 0.15) is 0 Å². The molecule has 3 N–H and O–H groups in total. The molecule has 0 atom stereocenters. The molecular formula is C104H143ClN18O18S6. The van der Waals surface area contributed by atoms with E-state index in [1.54, 1.807) is 243 Å². The first-order valence-corrected chi connectivity index (χ1v) is 57.4. The third-order valence-electron chi connectivity index (χ3n) is 24.1. The molecule has 0 amide bonds. The van der Waals surface area contributed by atoms with Gasteiger partial charge >= 0.3 is 0 Å². The number of aryl methyl sites for hydroxylation is 1. The molecule has 147 heavy (non-hydrogen) atoms. The Morgan fingerprint density at radius 3 is 1.01 bits per heavy atom. The monoisotopic (exact) mass is 2160 g/mol. The van der Waals surface area contributed by atoms with E-state index in [0.29, 0.717) is 133 Å². The molecule has 800 valence electrons. The van der Waals surface area contributed by atoms with Gasteiger partial charge in [0.15, 0.2) is 70.5 Å². The summed E-state index contributed by atoms with van der Waals surface area (Å²) in [5.74, 6) is 0. The second-order valence-corrected chi connectivity index (χ2v) is 53.3. The van der Waals surface area contributed by atoms with Gasteiger partial charge in [0.05, 0.1) is 68.3 Å². The number of benzene rings is 8. The molecule has 6 heterocycles. The van der Waals surface area contributed by atoms with E-state index in [2.05, 4.69) is 38.8 Å². The van der Waals surface area contributed by atoms with Gasteiger partial charge in [0, 0.05) is 281 Å². The number of hydroxylamine groups is 6. The number of piperazine rings is 3. The van der Waals surface area contributed by atoms with Gasteiger partial charge in [0.2, 0.25) is 60.1 Å². The Labute approximate surface area is 872 Å². The first kappa shape index (κ1) is 120. The van der Waals surface area contributed by atoms with Crippen LogP contribution >= 0.6 is 11.6 Å². The molecule has 0 spiro atoms. The van der Waals surface area contributed by atoms with Crippen molar-refractivity contribution < 1.29 is 78.9 Å². The van der Waals surface area contributed by atoms with Crippen molar-refractivity contribution in [3.8, 4) is 0 Å². The average molecular weight is 2160 g/mol. The predicted octanol–water partition coefficient (Wildman–Crippen LogP) is 13.7. The number of hydrogen-bond donors (Lipinski definition) is 3. The largest absolute Gasteiger partial charge is 0.623 e. The number of likely N-dealkylation sites (N-methyl/N-ethyl adjacent to an activating group) is 3. The number of nitrogens with zero attached hydrogens (tertiary/aromatic N) is 15. The zero-order valence-electron chi connectivity index (χ0n) is 88.7. The molecule has 14 rings (SSSR count). The number of pyridine rings is 2.